The summed E-state index contributed by atoms with van der Waals surface area (Å²) in [4.78, 5) is 0. The first kappa shape index (κ1) is 11.1. The molecule has 0 saturated heterocycles. The van der Waals surface area contributed by atoms with Gasteiger partial charge in [-0.05, 0) is 23.3 Å². The van der Waals surface area contributed by atoms with Gasteiger partial charge in [0.25, 0.3) is 0 Å². The second-order valence-electron chi connectivity index (χ2n) is 4.47. The van der Waals surface area contributed by atoms with Crippen LogP contribution in [0.15, 0.2) is 48.5 Å². The van der Waals surface area contributed by atoms with Crippen molar-refractivity contribution in [2.75, 3.05) is 0 Å². The van der Waals surface area contributed by atoms with Gasteiger partial charge in [0.05, 0.1) is 0 Å². The predicted octanol–water partition coefficient (Wildman–Crippen LogP) is 3.78. The lowest BCUT2D eigenvalue weighted by molar-refractivity contribution is 0.000284. The summed E-state index contributed by atoms with van der Waals surface area (Å²) in [5.74, 6) is 1.86. The van der Waals surface area contributed by atoms with Crippen LogP contribution in [0.1, 0.15) is 24.5 Å². The van der Waals surface area contributed by atoms with E-state index < -0.39 is 0 Å². The zero-order valence-corrected chi connectivity index (χ0v) is 10.4. The number of hydrogen-bond donors (Lipinski definition) is 0. The van der Waals surface area contributed by atoms with Crippen molar-refractivity contribution in [2.45, 2.75) is 26.1 Å². The summed E-state index contributed by atoms with van der Waals surface area (Å²) in [6.45, 7) is 2.07. The normalized spacial score (nSPS) is 14.5. The minimum Gasteiger partial charge on any atom is -0.455 e. The summed E-state index contributed by atoms with van der Waals surface area (Å²) in [7, 11) is 0. The van der Waals surface area contributed by atoms with Gasteiger partial charge < -0.3 is 9.47 Å². The lowest BCUT2D eigenvalue weighted by atomic mass is 10.0. The van der Waals surface area contributed by atoms with E-state index in [1.165, 1.54) is 11.1 Å². The summed E-state index contributed by atoms with van der Waals surface area (Å²) in [5, 5.41) is 0. The average Bonchev–Trinajstić information content (AvgIpc) is 2.39. The molecule has 0 aliphatic carbocycles. The Morgan fingerprint density at radius 2 is 1.39 bits per heavy atom. The van der Waals surface area contributed by atoms with E-state index in [4.69, 9.17) is 9.47 Å². The molecule has 0 unspecified atom stereocenters. The number of benzene rings is 2. The summed E-state index contributed by atoms with van der Waals surface area (Å²) >= 11 is 0. The van der Waals surface area contributed by atoms with Gasteiger partial charge in [0.2, 0.25) is 6.29 Å². The maximum Gasteiger partial charge on any atom is 0.240 e. The van der Waals surface area contributed by atoms with Crippen LogP contribution in [-0.2, 0) is 6.42 Å². The van der Waals surface area contributed by atoms with Crippen molar-refractivity contribution in [1.29, 1.82) is 0 Å². The van der Waals surface area contributed by atoms with Crippen molar-refractivity contribution >= 4 is 0 Å². The summed E-state index contributed by atoms with van der Waals surface area (Å²) in [5.41, 5.74) is 2.43. The first-order valence-corrected chi connectivity index (χ1v) is 6.36. The van der Waals surface area contributed by atoms with Gasteiger partial charge >= 0.3 is 0 Å². The molecule has 2 nitrogen and oxygen atoms in total. The first-order chi connectivity index (χ1) is 8.86. The maximum atomic E-state index is 5.92. The Hall–Kier alpha value is -1.96. The van der Waals surface area contributed by atoms with Crippen LogP contribution < -0.4 is 9.47 Å². The van der Waals surface area contributed by atoms with E-state index in [0.717, 1.165) is 24.3 Å². The molecule has 1 heterocycles. The van der Waals surface area contributed by atoms with Crippen LogP contribution in [0.3, 0.4) is 0 Å². The molecular weight excluding hydrogens is 224 g/mol. The lowest BCUT2D eigenvalue weighted by Gasteiger charge is -2.25. The van der Waals surface area contributed by atoms with E-state index >= 15 is 0 Å². The van der Waals surface area contributed by atoms with Crippen LogP contribution in [-0.4, -0.2) is 6.29 Å². The molecule has 0 saturated carbocycles. The molecule has 2 aromatic carbocycles. The molecule has 0 amide bonds. The van der Waals surface area contributed by atoms with Gasteiger partial charge in [-0.3, -0.25) is 0 Å². The topological polar surface area (TPSA) is 18.5 Å². The van der Waals surface area contributed by atoms with Gasteiger partial charge in [-0.25, -0.2) is 0 Å². The molecular formula is C16H16O2. The SMILES string of the molecule is CCC1Oc2ccccc2Cc2ccccc2O1. The second kappa shape index (κ2) is 4.73. The highest BCUT2D eigenvalue weighted by Crippen LogP contribution is 2.31. The van der Waals surface area contributed by atoms with Crippen LogP contribution in [0.2, 0.25) is 0 Å². The van der Waals surface area contributed by atoms with E-state index in [-0.39, 0.29) is 6.29 Å². The molecule has 2 heteroatoms. The molecule has 0 spiro atoms. The molecule has 0 N–H and O–H groups in total. The molecule has 2 aromatic rings. The van der Waals surface area contributed by atoms with Crippen molar-refractivity contribution in [1.82, 2.24) is 0 Å². The third-order valence-corrected chi connectivity index (χ3v) is 3.18. The fourth-order valence-corrected chi connectivity index (χ4v) is 2.21. The Morgan fingerprint density at radius 1 is 0.889 bits per heavy atom. The average molecular weight is 240 g/mol. The zero-order chi connectivity index (χ0) is 12.4. The van der Waals surface area contributed by atoms with Crippen molar-refractivity contribution in [2.24, 2.45) is 0 Å². The van der Waals surface area contributed by atoms with Crippen molar-refractivity contribution < 1.29 is 9.47 Å². The monoisotopic (exact) mass is 240 g/mol. The Morgan fingerprint density at radius 3 is 1.89 bits per heavy atom. The van der Waals surface area contributed by atoms with Crippen molar-refractivity contribution in [3.05, 3.63) is 59.7 Å². The Labute approximate surface area is 107 Å². The fourth-order valence-electron chi connectivity index (χ4n) is 2.21. The standard InChI is InChI=1S/C16H16O2/c1-2-16-17-14-9-5-3-7-12(14)11-13-8-4-6-10-15(13)18-16/h3-10,16H,2,11H2,1H3. The molecule has 1 aliphatic heterocycles. The summed E-state index contributed by atoms with van der Waals surface area (Å²) in [6, 6.07) is 16.3. The molecule has 92 valence electrons. The minimum absolute atomic E-state index is 0.215. The maximum absolute atomic E-state index is 5.92. The van der Waals surface area contributed by atoms with Crippen molar-refractivity contribution in [3.63, 3.8) is 0 Å². The summed E-state index contributed by atoms with van der Waals surface area (Å²) in [6.07, 6.45) is 1.46. The quantitative estimate of drug-likeness (QED) is 0.755. The van der Waals surface area contributed by atoms with Crippen LogP contribution in [0.25, 0.3) is 0 Å². The zero-order valence-electron chi connectivity index (χ0n) is 10.4. The molecule has 0 radical (unpaired) electrons. The number of hydrogen-bond acceptors (Lipinski definition) is 2. The van der Waals surface area contributed by atoms with Crippen LogP contribution in [0, 0.1) is 0 Å². The van der Waals surface area contributed by atoms with Gasteiger partial charge in [0.15, 0.2) is 0 Å². The van der Waals surface area contributed by atoms with E-state index in [2.05, 4.69) is 19.1 Å². The number of rotatable bonds is 1. The Kier molecular flexibility index (Phi) is 2.93. The largest absolute Gasteiger partial charge is 0.455 e. The number of fused-ring (bicyclic) bond motifs is 2. The molecule has 0 bridgehead atoms. The van der Waals surface area contributed by atoms with Crippen LogP contribution in [0.4, 0.5) is 0 Å². The minimum atomic E-state index is -0.215. The lowest BCUT2D eigenvalue weighted by Crippen LogP contribution is -2.25. The Balaban J connectivity index is 2.07. The highest BCUT2D eigenvalue weighted by Gasteiger charge is 2.18. The highest BCUT2D eigenvalue weighted by molar-refractivity contribution is 5.43. The number of para-hydroxylation sites is 2. The van der Waals surface area contributed by atoms with E-state index in [1.807, 2.05) is 36.4 Å². The predicted molar refractivity (Wildman–Crippen MR) is 71.0 cm³/mol. The van der Waals surface area contributed by atoms with E-state index in [0.29, 0.717) is 0 Å². The van der Waals surface area contributed by atoms with Gasteiger partial charge in [-0.15, -0.1) is 0 Å². The van der Waals surface area contributed by atoms with Crippen LogP contribution >= 0.6 is 0 Å². The fraction of sp³-hybridized carbons (Fsp3) is 0.250. The summed E-state index contributed by atoms with van der Waals surface area (Å²) < 4.78 is 11.8. The molecule has 0 atom stereocenters. The molecule has 1 aliphatic rings. The van der Waals surface area contributed by atoms with Crippen LogP contribution in [0.5, 0.6) is 11.5 Å². The van der Waals surface area contributed by atoms with Gasteiger partial charge in [0.1, 0.15) is 11.5 Å². The third-order valence-electron chi connectivity index (χ3n) is 3.18. The smallest absolute Gasteiger partial charge is 0.240 e. The molecule has 18 heavy (non-hydrogen) atoms. The molecule has 0 aromatic heterocycles. The number of ether oxygens (including phenoxy) is 2. The van der Waals surface area contributed by atoms with Gasteiger partial charge in [-0.1, -0.05) is 43.3 Å². The van der Waals surface area contributed by atoms with Gasteiger partial charge in [0, 0.05) is 12.8 Å². The molecule has 3 rings (SSSR count). The van der Waals surface area contributed by atoms with E-state index in [9.17, 15) is 0 Å². The first-order valence-electron chi connectivity index (χ1n) is 6.36. The third kappa shape index (κ3) is 2.06. The van der Waals surface area contributed by atoms with Crippen molar-refractivity contribution in [3.8, 4) is 11.5 Å². The van der Waals surface area contributed by atoms with Gasteiger partial charge in [-0.2, -0.15) is 0 Å². The molecule has 0 fully saturated rings. The second-order valence-corrected chi connectivity index (χ2v) is 4.47. The Bertz CT molecular complexity index is 501. The van der Waals surface area contributed by atoms with E-state index in [1.54, 1.807) is 0 Å². The highest BCUT2D eigenvalue weighted by atomic mass is 16.7.